The molecular formula is C19H21N3O3. The van der Waals surface area contributed by atoms with E-state index in [1.165, 1.54) is 6.26 Å². The lowest BCUT2D eigenvalue weighted by molar-refractivity contribution is -0.121. The number of aryl methyl sites for hydroxylation is 1. The second kappa shape index (κ2) is 7.36. The van der Waals surface area contributed by atoms with Gasteiger partial charge in [0.25, 0.3) is 0 Å². The molecule has 3 rings (SSSR count). The van der Waals surface area contributed by atoms with E-state index in [2.05, 4.69) is 10.4 Å². The van der Waals surface area contributed by atoms with E-state index in [-0.39, 0.29) is 18.9 Å². The minimum absolute atomic E-state index is 0.186. The predicted molar refractivity (Wildman–Crippen MR) is 93.4 cm³/mol. The Morgan fingerprint density at radius 1 is 1.24 bits per heavy atom. The van der Waals surface area contributed by atoms with Crippen LogP contribution in [0.15, 0.2) is 53.1 Å². The molecule has 0 aliphatic carbocycles. The lowest BCUT2D eigenvalue weighted by atomic mass is 10.1. The second-order valence-corrected chi connectivity index (χ2v) is 5.89. The number of aliphatic hydroxyl groups is 1. The van der Waals surface area contributed by atoms with Crippen molar-refractivity contribution in [3.8, 4) is 5.69 Å². The number of hydrogen-bond donors (Lipinski definition) is 2. The van der Waals surface area contributed by atoms with E-state index >= 15 is 0 Å². The molecule has 0 saturated heterocycles. The summed E-state index contributed by atoms with van der Waals surface area (Å²) in [4.78, 5) is 12.4. The Hall–Kier alpha value is -2.86. The summed E-state index contributed by atoms with van der Waals surface area (Å²) < 4.78 is 7.10. The van der Waals surface area contributed by atoms with Gasteiger partial charge < -0.3 is 14.8 Å². The quantitative estimate of drug-likeness (QED) is 0.723. The van der Waals surface area contributed by atoms with E-state index in [1.807, 2.05) is 48.9 Å². The topological polar surface area (TPSA) is 80.3 Å². The number of nitrogens with zero attached hydrogens (tertiary/aromatic N) is 2. The third-order valence-corrected chi connectivity index (χ3v) is 4.18. The molecule has 0 radical (unpaired) electrons. The second-order valence-electron chi connectivity index (χ2n) is 5.89. The molecule has 1 unspecified atom stereocenters. The fourth-order valence-corrected chi connectivity index (χ4v) is 2.85. The van der Waals surface area contributed by atoms with Crippen LogP contribution in [-0.4, -0.2) is 27.4 Å². The molecule has 25 heavy (non-hydrogen) atoms. The number of rotatable bonds is 6. The van der Waals surface area contributed by atoms with Crippen molar-refractivity contribution in [3.05, 3.63) is 71.4 Å². The maximum absolute atomic E-state index is 12.4. The molecule has 0 aliphatic heterocycles. The Labute approximate surface area is 146 Å². The Kier molecular flexibility index (Phi) is 5.00. The maximum atomic E-state index is 12.4. The number of hydrogen-bond acceptors (Lipinski definition) is 4. The van der Waals surface area contributed by atoms with Gasteiger partial charge in [0.05, 0.1) is 30.7 Å². The first-order chi connectivity index (χ1) is 12.1. The molecule has 6 heteroatoms. The van der Waals surface area contributed by atoms with Crippen LogP contribution in [0.3, 0.4) is 0 Å². The van der Waals surface area contributed by atoms with Crippen molar-refractivity contribution in [2.24, 2.45) is 0 Å². The zero-order chi connectivity index (χ0) is 17.8. The van der Waals surface area contributed by atoms with E-state index in [1.54, 1.807) is 12.1 Å². The minimum Gasteiger partial charge on any atom is -0.467 e. The third kappa shape index (κ3) is 3.64. The van der Waals surface area contributed by atoms with Gasteiger partial charge in [-0.15, -0.1) is 0 Å². The molecule has 0 spiro atoms. The van der Waals surface area contributed by atoms with Gasteiger partial charge in [0.15, 0.2) is 0 Å². The van der Waals surface area contributed by atoms with Crippen LogP contribution in [0, 0.1) is 13.8 Å². The van der Waals surface area contributed by atoms with Crippen LogP contribution < -0.4 is 5.32 Å². The van der Waals surface area contributed by atoms with Crippen molar-refractivity contribution in [2.45, 2.75) is 26.3 Å². The predicted octanol–water partition coefficient (Wildman–Crippen LogP) is 2.47. The fraction of sp³-hybridized carbons (Fsp3) is 0.263. The Morgan fingerprint density at radius 2 is 2.00 bits per heavy atom. The fourth-order valence-electron chi connectivity index (χ4n) is 2.85. The normalized spacial score (nSPS) is 12.1. The summed E-state index contributed by atoms with van der Waals surface area (Å²) in [6.07, 6.45) is 1.71. The number of furan rings is 1. The van der Waals surface area contributed by atoms with Crippen LogP contribution in [0.2, 0.25) is 0 Å². The van der Waals surface area contributed by atoms with Crippen molar-refractivity contribution < 1.29 is 14.3 Å². The van der Waals surface area contributed by atoms with Crippen molar-refractivity contribution in [2.75, 3.05) is 6.61 Å². The van der Waals surface area contributed by atoms with E-state index in [0.29, 0.717) is 5.76 Å². The van der Waals surface area contributed by atoms with Crippen molar-refractivity contribution in [1.29, 1.82) is 0 Å². The SMILES string of the molecule is Cc1nn(-c2ccccc2)c(C)c1CC(=O)NC(CO)c1ccco1. The van der Waals surface area contributed by atoms with E-state index < -0.39 is 6.04 Å². The average molecular weight is 339 g/mol. The number of carbonyl (C=O) groups excluding carboxylic acids is 1. The van der Waals surface area contributed by atoms with Crippen LogP contribution >= 0.6 is 0 Å². The van der Waals surface area contributed by atoms with E-state index in [9.17, 15) is 9.90 Å². The number of aliphatic hydroxyl groups excluding tert-OH is 1. The molecule has 0 aliphatic rings. The van der Waals surface area contributed by atoms with Crippen LogP contribution in [0.25, 0.3) is 5.69 Å². The molecule has 2 aromatic heterocycles. The molecule has 2 heterocycles. The zero-order valence-electron chi connectivity index (χ0n) is 14.3. The summed E-state index contributed by atoms with van der Waals surface area (Å²) in [5.74, 6) is 0.346. The van der Waals surface area contributed by atoms with Gasteiger partial charge in [-0.1, -0.05) is 18.2 Å². The average Bonchev–Trinajstić information content (AvgIpc) is 3.24. The largest absolute Gasteiger partial charge is 0.467 e. The summed E-state index contributed by atoms with van der Waals surface area (Å²) in [5.41, 5.74) is 3.59. The van der Waals surface area contributed by atoms with Crippen LogP contribution in [-0.2, 0) is 11.2 Å². The number of benzene rings is 1. The Bertz CT molecular complexity index is 838. The summed E-state index contributed by atoms with van der Waals surface area (Å²) in [7, 11) is 0. The lowest BCUT2D eigenvalue weighted by Gasteiger charge is -2.14. The number of para-hydroxylation sites is 1. The van der Waals surface area contributed by atoms with E-state index in [0.717, 1.165) is 22.6 Å². The molecule has 6 nitrogen and oxygen atoms in total. The van der Waals surface area contributed by atoms with Gasteiger partial charge in [-0.25, -0.2) is 4.68 Å². The smallest absolute Gasteiger partial charge is 0.225 e. The molecule has 0 saturated carbocycles. The molecule has 0 fully saturated rings. The zero-order valence-corrected chi connectivity index (χ0v) is 14.3. The number of aromatic nitrogens is 2. The van der Waals surface area contributed by atoms with Gasteiger partial charge in [0.2, 0.25) is 5.91 Å². The van der Waals surface area contributed by atoms with Gasteiger partial charge >= 0.3 is 0 Å². The van der Waals surface area contributed by atoms with Crippen LogP contribution in [0.4, 0.5) is 0 Å². The highest BCUT2D eigenvalue weighted by Crippen LogP contribution is 2.19. The molecule has 0 bridgehead atoms. The van der Waals surface area contributed by atoms with Gasteiger partial charge in [-0.05, 0) is 38.1 Å². The molecule has 1 aromatic carbocycles. The van der Waals surface area contributed by atoms with Gasteiger partial charge in [0, 0.05) is 11.3 Å². The summed E-state index contributed by atoms with van der Waals surface area (Å²) in [6, 6.07) is 12.7. The van der Waals surface area contributed by atoms with Crippen molar-refractivity contribution in [3.63, 3.8) is 0 Å². The number of nitrogens with one attached hydrogen (secondary N) is 1. The lowest BCUT2D eigenvalue weighted by Crippen LogP contribution is -2.32. The molecule has 3 aromatic rings. The molecule has 130 valence electrons. The van der Waals surface area contributed by atoms with Crippen molar-refractivity contribution in [1.82, 2.24) is 15.1 Å². The summed E-state index contributed by atoms with van der Waals surface area (Å²) >= 11 is 0. The first-order valence-electron chi connectivity index (χ1n) is 8.14. The summed E-state index contributed by atoms with van der Waals surface area (Å²) in [5, 5.41) is 16.8. The van der Waals surface area contributed by atoms with Gasteiger partial charge in [-0.2, -0.15) is 5.10 Å². The number of carbonyl (C=O) groups is 1. The van der Waals surface area contributed by atoms with Gasteiger partial charge in [0.1, 0.15) is 11.8 Å². The standard InChI is InChI=1S/C19H21N3O3/c1-13-16(14(2)22(21-13)15-7-4-3-5-8-15)11-19(24)20-17(12-23)18-9-6-10-25-18/h3-10,17,23H,11-12H2,1-2H3,(H,20,24). The third-order valence-electron chi connectivity index (χ3n) is 4.18. The highest BCUT2D eigenvalue weighted by molar-refractivity contribution is 5.79. The van der Waals surface area contributed by atoms with Crippen LogP contribution in [0.1, 0.15) is 28.8 Å². The maximum Gasteiger partial charge on any atom is 0.225 e. The Morgan fingerprint density at radius 3 is 2.64 bits per heavy atom. The monoisotopic (exact) mass is 339 g/mol. The Balaban J connectivity index is 1.77. The summed E-state index contributed by atoms with van der Waals surface area (Å²) in [6.45, 7) is 3.62. The highest BCUT2D eigenvalue weighted by atomic mass is 16.3. The molecule has 1 amide bonds. The highest BCUT2D eigenvalue weighted by Gasteiger charge is 2.20. The van der Waals surface area contributed by atoms with E-state index in [4.69, 9.17) is 4.42 Å². The molecule has 1 atom stereocenters. The minimum atomic E-state index is -0.549. The molecule has 2 N–H and O–H groups in total. The van der Waals surface area contributed by atoms with Crippen LogP contribution in [0.5, 0.6) is 0 Å². The van der Waals surface area contributed by atoms with Gasteiger partial charge in [-0.3, -0.25) is 4.79 Å². The first kappa shape index (κ1) is 17.0. The number of amides is 1. The van der Waals surface area contributed by atoms with Crippen molar-refractivity contribution >= 4 is 5.91 Å². The first-order valence-corrected chi connectivity index (χ1v) is 8.14. The molecular weight excluding hydrogens is 318 g/mol.